The van der Waals surface area contributed by atoms with Crippen LogP contribution in [0.3, 0.4) is 0 Å². The highest BCUT2D eigenvalue weighted by Crippen LogP contribution is 2.20. The van der Waals surface area contributed by atoms with Crippen molar-refractivity contribution < 1.29 is 14.3 Å². The predicted molar refractivity (Wildman–Crippen MR) is 104 cm³/mol. The molecule has 1 heterocycles. The normalized spacial score (nSPS) is 17.0. The van der Waals surface area contributed by atoms with Gasteiger partial charge in [-0.15, -0.1) is 12.4 Å². The molecule has 6 heteroatoms. The molecule has 26 heavy (non-hydrogen) atoms. The topological polar surface area (TPSA) is 59.6 Å². The highest BCUT2D eigenvalue weighted by molar-refractivity contribution is 5.85. The van der Waals surface area contributed by atoms with Crippen LogP contribution in [0, 0.1) is 0 Å². The predicted octanol–water partition coefficient (Wildman–Crippen LogP) is 3.84. The van der Waals surface area contributed by atoms with Gasteiger partial charge in [0.25, 0.3) is 0 Å². The highest BCUT2D eigenvalue weighted by atomic mass is 35.5. The van der Waals surface area contributed by atoms with Crippen LogP contribution in [0.1, 0.15) is 30.5 Å². The molecule has 1 amide bonds. The first-order chi connectivity index (χ1) is 12.2. The molecule has 2 atom stereocenters. The number of amides is 1. The van der Waals surface area contributed by atoms with Crippen molar-refractivity contribution in [2.24, 2.45) is 0 Å². The maximum Gasteiger partial charge on any atom is 0.407 e. The number of nitrogens with one attached hydrogen (secondary N) is 2. The zero-order valence-corrected chi connectivity index (χ0v) is 15.6. The fourth-order valence-electron chi connectivity index (χ4n) is 2.78. The SMILES string of the molecule is C[C@H](NC(=O)OCc1ccccc1)c1ccc(O[C@H]2CCNC2)cc1.Cl. The number of rotatable bonds is 6. The van der Waals surface area contributed by atoms with Crippen molar-refractivity contribution >= 4 is 18.5 Å². The Kier molecular flexibility index (Phi) is 7.75. The average molecular weight is 377 g/mol. The fraction of sp³-hybridized carbons (Fsp3) is 0.350. The summed E-state index contributed by atoms with van der Waals surface area (Å²) in [5.74, 6) is 0.858. The molecule has 0 saturated carbocycles. The van der Waals surface area contributed by atoms with Crippen molar-refractivity contribution in [1.29, 1.82) is 0 Å². The second kappa shape index (κ2) is 10.0. The van der Waals surface area contributed by atoms with Gasteiger partial charge in [-0.3, -0.25) is 0 Å². The molecule has 0 radical (unpaired) electrons. The molecule has 140 valence electrons. The molecule has 2 N–H and O–H groups in total. The Labute approximate surface area is 160 Å². The smallest absolute Gasteiger partial charge is 0.407 e. The van der Waals surface area contributed by atoms with Crippen molar-refractivity contribution in [1.82, 2.24) is 10.6 Å². The third kappa shape index (κ3) is 5.93. The maximum absolute atomic E-state index is 11.9. The molecule has 0 unspecified atom stereocenters. The average Bonchev–Trinajstić information content (AvgIpc) is 3.14. The molecule has 2 aromatic rings. The number of carbonyl (C=O) groups is 1. The summed E-state index contributed by atoms with van der Waals surface area (Å²) in [6.07, 6.45) is 0.857. The van der Waals surface area contributed by atoms with Crippen LogP contribution >= 0.6 is 12.4 Å². The van der Waals surface area contributed by atoms with Crippen LogP contribution in [0.25, 0.3) is 0 Å². The van der Waals surface area contributed by atoms with E-state index in [1.54, 1.807) is 0 Å². The molecule has 0 aliphatic carbocycles. The summed E-state index contributed by atoms with van der Waals surface area (Å²) in [4.78, 5) is 11.9. The lowest BCUT2D eigenvalue weighted by Gasteiger charge is -2.16. The third-order valence-electron chi connectivity index (χ3n) is 4.25. The standard InChI is InChI=1S/C20H24N2O3.ClH/c1-15(22-20(23)24-14-16-5-3-2-4-6-16)17-7-9-18(10-8-17)25-19-11-12-21-13-19;/h2-10,15,19,21H,11-14H2,1H3,(H,22,23);1H/t15-,19-;/m0./s1. The Morgan fingerprint density at radius 1 is 1.19 bits per heavy atom. The number of alkyl carbamates (subject to hydrolysis) is 1. The van der Waals surface area contributed by atoms with Crippen molar-refractivity contribution in [3.63, 3.8) is 0 Å². The minimum Gasteiger partial charge on any atom is -0.489 e. The first-order valence-corrected chi connectivity index (χ1v) is 8.65. The quantitative estimate of drug-likeness (QED) is 0.804. The number of ether oxygens (including phenoxy) is 2. The van der Waals surface area contributed by atoms with Gasteiger partial charge in [-0.1, -0.05) is 42.5 Å². The Morgan fingerprint density at radius 2 is 1.92 bits per heavy atom. The molecule has 1 aliphatic heterocycles. The van der Waals surface area contributed by atoms with Crippen LogP contribution in [-0.4, -0.2) is 25.3 Å². The fourth-order valence-corrected chi connectivity index (χ4v) is 2.78. The summed E-state index contributed by atoms with van der Waals surface area (Å²) in [5.41, 5.74) is 1.97. The zero-order chi connectivity index (χ0) is 17.5. The van der Waals surface area contributed by atoms with Gasteiger partial charge in [0, 0.05) is 6.54 Å². The molecular weight excluding hydrogens is 352 g/mol. The molecule has 0 aromatic heterocycles. The van der Waals surface area contributed by atoms with Gasteiger partial charge in [-0.05, 0) is 43.1 Å². The van der Waals surface area contributed by atoms with E-state index < -0.39 is 6.09 Å². The zero-order valence-electron chi connectivity index (χ0n) is 14.8. The van der Waals surface area contributed by atoms with E-state index in [2.05, 4.69) is 10.6 Å². The van der Waals surface area contributed by atoms with E-state index in [0.717, 1.165) is 36.4 Å². The van der Waals surface area contributed by atoms with Crippen molar-refractivity contribution in [2.45, 2.75) is 32.1 Å². The monoisotopic (exact) mass is 376 g/mol. The van der Waals surface area contributed by atoms with Gasteiger partial charge in [0.15, 0.2) is 0 Å². The van der Waals surface area contributed by atoms with Gasteiger partial charge >= 0.3 is 6.09 Å². The summed E-state index contributed by atoms with van der Waals surface area (Å²) in [6, 6.07) is 17.3. The van der Waals surface area contributed by atoms with E-state index in [1.807, 2.05) is 61.5 Å². The second-order valence-corrected chi connectivity index (χ2v) is 6.23. The number of hydrogen-bond donors (Lipinski definition) is 2. The van der Waals surface area contributed by atoms with Gasteiger partial charge in [0.1, 0.15) is 18.5 Å². The van der Waals surface area contributed by atoms with Crippen LogP contribution in [0.4, 0.5) is 4.79 Å². The van der Waals surface area contributed by atoms with Crippen LogP contribution in [0.2, 0.25) is 0 Å². The summed E-state index contributed by atoms with van der Waals surface area (Å²) in [5, 5.41) is 6.13. The van der Waals surface area contributed by atoms with Gasteiger partial charge < -0.3 is 20.1 Å². The Bertz CT molecular complexity index is 673. The first-order valence-electron chi connectivity index (χ1n) is 8.65. The molecule has 3 rings (SSSR count). The number of carbonyl (C=O) groups excluding carboxylic acids is 1. The van der Waals surface area contributed by atoms with E-state index in [4.69, 9.17) is 9.47 Å². The third-order valence-corrected chi connectivity index (χ3v) is 4.25. The lowest BCUT2D eigenvalue weighted by atomic mass is 10.1. The van der Waals surface area contributed by atoms with E-state index in [1.165, 1.54) is 0 Å². The lowest BCUT2D eigenvalue weighted by Crippen LogP contribution is -2.27. The van der Waals surface area contributed by atoms with Crippen LogP contribution in [-0.2, 0) is 11.3 Å². The Hall–Kier alpha value is -2.24. The van der Waals surface area contributed by atoms with Gasteiger partial charge in [0.05, 0.1) is 6.04 Å². The van der Waals surface area contributed by atoms with Crippen molar-refractivity contribution in [2.75, 3.05) is 13.1 Å². The van der Waals surface area contributed by atoms with Crippen LogP contribution in [0.15, 0.2) is 54.6 Å². The van der Waals surface area contributed by atoms with Crippen molar-refractivity contribution in [3.8, 4) is 5.75 Å². The highest BCUT2D eigenvalue weighted by Gasteiger charge is 2.16. The summed E-state index contributed by atoms with van der Waals surface area (Å²) in [6.45, 7) is 4.10. The number of hydrogen-bond acceptors (Lipinski definition) is 4. The van der Waals surface area contributed by atoms with Gasteiger partial charge in [-0.25, -0.2) is 4.79 Å². The molecule has 1 fully saturated rings. The lowest BCUT2D eigenvalue weighted by molar-refractivity contribution is 0.136. The molecular formula is C20H25ClN2O3. The maximum atomic E-state index is 11.9. The molecule has 5 nitrogen and oxygen atoms in total. The summed E-state index contributed by atoms with van der Waals surface area (Å²) in [7, 11) is 0. The minimum absolute atomic E-state index is 0. The minimum atomic E-state index is -0.422. The second-order valence-electron chi connectivity index (χ2n) is 6.23. The Morgan fingerprint density at radius 3 is 2.58 bits per heavy atom. The largest absolute Gasteiger partial charge is 0.489 e. The van der Waals surface area contributed by atoms with Crippen molar-refractivity contribution in [3.05, 3.63) is 65.7 Å². The van der Waals surface area contributed by atoms with Gasteiger partial charge in [-0.2, -0.15) is 0 Å². The van der Waals surface area contributed by atoms with Gasteiger partial charge in [0.2, 0.25) is 0 Å². The van der Waals surface area contributed by atoms with E-state index in [0.29, 0.717) is 0 Å². The van der Waals surface area contributed by atoms with E-state index in [-0.39, 0.29) is 31.2 Å². The first kappa shape index (κ1) is 20.1. The summed E-state index contributed by atoms with van der Waals surface area (Å²) >= 11 is 0. The molecule has 1 saturated heterocycles. The molecule has 1 aliphatic rings. The molecule has 2 aromatic carbocycles. The van der Waals surface area contributed by atoms with E-state index in [9.17, 15) is 4.79 Å². The van der Waals surface area contributed by atoms with Crippen LogP contribution in [0.5, 0.6) is 5.75 Å². The summed E-state index contributed by atoms with van der Waals surface area (Å²) < 4.78 is 11.2. The van der Waals surface area contributed by atoms with Crippen LogP contribution < -0.4 is 15.4 Å². The number of halogens is 1. The number of benzene rings is 2. The molecule has 0 bridgehead atoms. The van der Waals surface area contributed by atoms with E-state index >= 15 is 0 Å². The molecule has 0 spiro atoms. The Balaban J connectivity index is 0.00000243.